The van der Waals surface area contributed by atoms with Gasteiger partial charge in [0, 0.05) is 42.7 Å². The van der Waals surface area contributed by atoms with E-state index in [0.29, 0.717) is 18.0 Å². The van der Waals surface area contributed by atoms with Gasteiger partial charge in [0.15, 0.2) is 0 Å². The summed E-state index contributed by atoms with van der Waals surface area (Å²) in [5.74, 6) is 2.90. The average molecular weight is 453 g/mol. The monoisotopic (exact) mass is 452 g/mol. The van der Waals surface area contributed by atoms with Crippen LogP contribution in [0.1, 0.15) is 48.3 Å². The Labute approximate surface area is 204 Å². The molecule has 6 atom stereocenters. The Hall–Kier alpha value is -2.62. The Morgan fingerprint density at radius 1 is 0.882 bits per heavy atom. The van der Waals surface area contributed by atoms with Crippen LogP contribution in [0.5, 0.6) is 5.75 Å². The molecule has 1 saturated carbocycles. The lowest BCUT2D eigenvalue weighted by molar-refractivity contribution is -0.0646. The molecule has 3 aromatic rings. The van der Waals surface area contributed by atoms with E-state index in [-0.39, 0.29) is 0 Å². The van der Waals surface area contributed by atoms with Crippen LogP contribution in [0.4, 0.5) is 0 Å². The summed E-state index contributed by atoms with van der Waals surface area (Å²) in [5.41, 5.74) is 4.12. The molecule has 0 amide bonds. The van der Waals surface area contributed by atoms with Gasteiger partial charge < -0.3 is 10.1 Å². The molecule has 176 valence electrons. The second-order valence-corrected chi connectivity index (χ2v) is 10.4. The van der Waals surface area contributed by atoms with Crippen LogP contribution < -0.4 is 10.1 Å². The first-order valence-electron chi connectivity index (χ1n) is 13.0. The van der Waals surface area contributed by atoms with Crippen molar-refractivity contribution in [2.45, 2.75) is 56.3 Å². The van der Waals surface area contributed by atoms with Gasteiger partial charge >= 0.3 is 0 Å². The number of hydrogen-bond acceptors (Lipinski definition) is 3. The SMILES string of the molecule is COc1ccccc1CN[C@H]1C2CC3CCCC2CN3[C@H]1C(c1ccccc1)c1ccccc1. The molecule has 4 aliphatic heterocycles. The third-order valence-electron chi connectivity index (χ3n) is 8.77. The fraction of sp³-hybridized carbons (Fsp3) is 0.419. The lowest BCUT2D eigenvalue weighted by atomic mass is 9.65. The van der Waals surface area contributed by atoms with Gasteiger partial charge in [0.25, 0.3) is 0 Å². The molecule has 4 unspecified atom stereocenters. The standard InChI is InChI=1S/C31H36N2O/c1-34-28-18-9-8-15-24(28)20-32-30-27-19-26-17-10-16-25(27)21-33(26)31(30)29(22-11-4-2-5-12-22)23-13-6-3-7-14-23/h2-9,11-15,18,25-27,29-32H,10,16-17,19-21H2,1H3/t25?,26?,27?,30-,31-/m0/s1. The van der Waals surface area contributed by atoms with Crippen LogP contribution in [-0.4, -0.2) is 36.7 Å². The summed E-state index contributed by atoms with van der Waals surface area (Å²) in [6.45, 7) is 2.12. The van der Waals surface area contributed by atoms with Crippen LogP contribution >= 0.6 is 0 Å². The number of methoxy groups -OCH3 is 1. The van der Waals surface area contributed by atoms with Gasteiger partial charge in [0.05, 0.1) is 7.11 Å². The quantitative estimate of drug-likeness (QED) is 0.486. The highest BCUT2D eigenvalue weighted by atomic mass is 16.5. The van der Waals surface area contributed by atoms with E-state index >= 15 is 0 Å². The van der Waals surface area contributed by atoms with E-state index in [4.69, 9.17) is 4.74 Å². The molecular formula is C31H36N2O. The molecule has 8 rings (SSSR count). The number of rotatable bonds is 7. The van der Waals surface area contributed by atoms with Gasteiger partial charge in [-0.05, 0) is 48.3 Å². The van der Waals surface area contributed by atoms with Crippen molar-refractivity contribution in [3.8, 4) is 5.75 Å². The summed E-state index contributed by atoms with van der Waals surface area (Å²) >= 11 is 0. The molecule has 3 heteroatoms. The predicted molar refractivity (Wildman–Crippen MR) is 138 cm³/mol. The highest BCUT2D eigenvalue weighted by molar-refractivity contribution is 5.37. The number of piperidine rings is 3. The van der Waals surface area contributed by atoms with E-state index < -0.39 is 0 Å². The second kappa shape index (κ2) is 9.56. The molecular weight excluding hydrogens is 416 g/mol. The number of benzene rings is 3. The Morgan fingerprint density at radius 3 is 2.26 bits per heavy atom. The maximum Gasteiger partial charge on any atom is 0.123 e. The third-order valence-corrected chi connectivity index (χ3v) is 8.77. The highest BCUT2D eigenvalue weighted by Gasteiger charge is 2.54. The van der Waals surface area contributed by atoms with Gasteiger partial charge in [-0.15, -0.1) is 0 Å². The fourth-order valence-electron chi connectivity index (χ4n) is 7.32. The van der Waals surface area contributed by atoms with Crippen molar-refractivity contribution < 1.29 is 4.74 Å². The van der Waals surface area contributed by atoms with Crippen LogP contribution in [0.2, 0.25) is 0 Å². The van der Waals surface area contributed by atoms with Crippen molar-refractivity contribution in [1.29, 1.82) is 0 Å². The average Bonchev–Trinajstić information content (AvgIpc) is 3.22. The molecule has 5 fully saturated rings. The first-order valence-corrected chi connectivity index (χ1v) is 13.0. The summed E-state index contributed by atoms with van der Waals surface area (Å²) in [6.07, 6.45) is 5.48. The van der Waals surface area contributed by atoms with Gasteiger partial charge in [-0.1, -0.05) is 85.3 Å². The summed E-state index contributed by atoms with van der Waals surface area (Å²) in [6, 6.07) is 32.6. The number of fused-ring (bicyclic) bond motifs is 3. The van der Waals surface area contributed by atoms with Crippen LogP contribution in [0, 0.1) is 11.8 Å². The summed E-state index contributed by atoms with van der Waals surface area (Å²) < 4.78 is 5.68. The minimum absolute atomic E-state index is 0.363. The number of hydrogen-bond donors (Lipinski definition) is 1. The van der Waals surface area contributed by atoms with Crippen molar-refractivity contribution in [1.82, 2.24) is 10.2 Å². The van der Waals surface area contributed by atoms with E-state index in [1.165, 1.54) is 48.9 Å². The summed E-state index contributed by atoms with van der Waals surface area (Å²) in [7, 11) is 1.78. The molecule has 4 heterocycles. The van der Waals surface area contributed by atoms with Crippen molar-refractivity contribution in [3.05, 3.63) is 102 Å². The van der Waals surface area contributed by atoms with Crippen LogP contribution in [0.15, 0.2) is 84.9 Å². The molecule has 5 aliphatic rings. The van der Waals surface area contributed by atoms with Crippen molar-refractivity contribution in [3.63, 3.8) is 0 Å². The van der Waals surface area contributed by atoms with E-state index in [9.17, 15) is 0 Å². The zero-order chi connectivity index (χ0) is 22.9. The van der Waals surface area contributed by atoms with Crippen LogP contribution in [0.25, 0.3) is 0 Å². The van der Waals surface area contributed by atoms with Gasteiger partial charge in [0.1, 0.15) is 5.75 Å². The lowest BCUT2D eigenvalue weighted by Crippen LogP contribution is -2.69. The highest BCUT2D eigenvalue weighted by Crippen LogP contribution is 2.50. The molecule has 3 aromatic carbocycles. The fourth-order valence-corrected chi connectivity index (χ4v) is 7.32. The third kappa shape index (κ3) is 3.95. The van der Waals surface area contributed by atoms with E-state index in [1.54, 1.807) is 7.11 Å². The Balaban J connectivity index is 1.40. The molecule has 4 bridgehead atoms. The van der Waals surface area contributed by atoms with Gasteiger partial charge in [-0.25, -0.2) is 0 Å². The van der Waals surface area contributed by atoms with Crippen molar-refractivity contribution in [2.24, 2.45) is 11.8 Å². The molecule has 0 aromatic heterocycles. The van der Waals surface area contributed by atoms with Crippen LogP contribution in [0.3, 0.4) is 0 Å². The Bertz CT molecular complexity index is 1050. The van der Waals surface area contributed by atoms with Gasteiger partial charge in [-0.2, -0.15) is 0 Å². The topological polar surface area (TPSA) is 24.5 Å². The lowest BCUT2D eigenvalue weighted by Gasteiger charge is -2.59. The Morgan fingerprint density at radius 2 is 1.56 bits per heavy atom. The maximum absolute atomic E-state index is 5.68. The Kier molecular flexibility index (Phi) is 6.15. The molecule has 1 aliphatic carbocycles. The minimum atomic E-state index is 0.363. The number of para-hydroxylation sites is 1. The summed E-state index contributed by atoms with van der Waals surface area (Å²) in [5, 5.41) is 4.11. The molecule has 0 radical (unpaired) electrons. The van der Waals surface area contributed by atoms with E-state index in [1.807, 2.05) is 0 Å². The zero-order valence-electron chi connectivity index (χ0n) is 20.1. The number of ether oxygens (including phenoxy) is 1. The molecule has 34 heavy (non-hydrogen) atoms. The normalized spacial score (nSPS) is 29.8. The molecule has 4 saturated heterocycles. The largest absolute Gasteiger partial charge is 0.496 e. The van der Waals surface area contributed by atoms with E-state index in [2.05, 4.69) is 95.1 Å². The summed E-state index contributed by atoms with van der Waals surface area (Å²) in [4.78, 5) is 2.92. The first-order chi connectivity index (χ1) is 16.8. The number of nitrogens with zero attached hydrogens (tertiary/aromatic N) is 1. The van der Waals surface area contributed by atoms with Crippen molar-refractivity contribution >= 4 is 0 Å². The smallest absolute Gasteiger partial charge is 0.123 e. The minimum Gasteiger partial charge on any atom is -0.496 e. The van der Waals surface area contributed by atoms with Crippen LogP contribution in [-0.2, 0) is 6.54 Å². The molecule has 1 N–H and O–H groups in total. The maximum atomic E-state index is 5.68. The van der Waals surface area contributed by atoms with E-state index in [0.717, 1.165) is 30.2 Å². The first kappa shape index (κ1) is 21.9. The van der Waals surface area contributed by atoms with Gasteiger partial charge in [-0.3, -0.25) is 4.90 Å². The number of nitrogens with one attached hydrogen (secondary N) is 1. The second-order valence-electron chi connectivity index (χ2n) is 10.4. The molecule has 3 nitrogen and oxygen atoms in total. The van der Waals surface area contributed by atoms with Crippen molar-refractivity contribution in [2.75, 3.05) is 13.7 Å². The van der Waals surface area contributed by atoms with Gasteiger partial charge in [0.2, 0.25) is 0 Å². The predicted octanol–water partition coefficient (Wildman–Crippen LogP) is 5.86. The zero-order valence-corrected chi connectivity index (χ0v) is 20.1. The molecule has 0 spiro atoms.